The Bertz CT molecular complexity index is 315. The van der Waals surface area contributed by atoms with Crippen LogP contribution in [0, 0.1) is 0 Å². The smallest absolute Gasteiger partial charge is 0.122 e. The van der Waals surface area contributed by atoms with Crippen molar-refractivity contribution in [2.75, 3.05) is 6.61 Å². The van der Waals surface area contributed by atoms with Crippen LogP contribution in [0.25, 0.3) is 0 Å². The van der Waals surface area contributed by atoms with E-state index < -0.39 is 0 Å². The number of pyridine rings is 1. The van der Waals surface area contributed by atoms with Gasteiger partial charge in [-0.15, -0.1) is 0 Å². The van der Waals surface area contributed by atoms with Crippen molar-refractivity contribution in [1.82, 2.24) is 4.98 Å². The lowest BCUT2D eigenvalue weighted by atomic mass is 10.2. The van der Waals surface area contributed by atoms with Crippen molar-refractivity contribution in [2.45, 2.75) is 20.0 Å². The Kier molecular flexibility index (Phi) is 4.49. The fourth-order valence-corrected chi connectivity index (χ4v) is 1.14. The first-order valence-corrected chi connectivity index (χ1v) is 4.97. The van der Waals surface area contributed by atoms with E-state index in [1.165, 1.54) is 0 Å². The molecule has 0 aliphatic heterocycles. The van der Waals surface area contributed by atoms with Crippen molar-refractivity contribution >= 4 is 17.2 Å². The predicted octanol–water partition coefficient (Wildman–Crippen LogP) is 1.64. The standard InChI is InChI=1S/C10H14N2OS/c1-2-5-13-7-8-3-4-12-9(6-8)10(11)14/h3-4,6H,2,5,7H2,1H3,(H2,11,14). The zero-order valence-electron chi connectivity index (χ0n) is 8.19. The van der Waals surface area contributed by atoms with Gasteiger partial charge in [0, 0.05) is 12.8 Å². The molecule has 0 unspecified atom stereocenters. The molecular formula is C10H14N2OS. The molecule has 14 heavy (non-hydrogen) atoms. The molecule has 0 atom stereocenters. The van der Waals surface area contributed by atoms with Gasteiger partial charge in [-0.3, -0.25) is 4.98 Å². The molecule has 0 aromatic carbocycles. The minimum Gasteiger partial charge on any atom is -0.388 e. The molecular weight excluding hydrogens is 196 g/mol. The molecule has 0 fully saturated rings. The Morgan fingerprint density at radius 2 is 2.43 bits per heavy atom. The first-order chi connectivity index (χ1) is 6.74. The number of hydrogen-bond acceptors (Lipinski definition) is 3. The summed E-state index contributed by atoms with van der Waals surface area (Å²) < 4.78 is 5.39. The molecule has 0 radical (unpaired) electrons. The Morgan fingerprint density at radius 3 is 3.07 bits per heavy atom. The summed E-state index contributed by atoms with van der Waals surface area (Å²) in [5, 5.41) is 0. The lowest BCUT2D eigenvalue weighted by Gasteiger charge is -2.03. The minimum atomic E-state index is 0.322. The highest BCUT2D eigenvalue weighted by molar-refractivity contribution is 7.80. The van der Waals surface area contributed by atoms with E-state index >= 15 is 0 Å². The van der Waals surface area contributed by atoms with Crippen molar-refractivity contribution in [2.24, 2.45) is 5.73 Å². The van der Waals surface area contributed by atoms with E-state index in [0.29, 0.717) is 17.3 Å². The van der Waals surface area contributed by atoms with Crippen LogP contribution >= 0.6 is 12.2 Å². The zero-order valence-corrected chi connectivity index (χ0v) is 9.01. The van der Waals surface area contributed by atoms with E-state index in [0.717, 1.165) is 18.6 Å². The number of thiocarbonyl (C=S) groups is 1. The molecule has 0 bridgehead atoms. The average molecular weight is 210 g/mol. The van der Waals surface area contributed by atoms with Crippen LogP contribution < -0.4 is 5.73 Å². The summed E-state index contributed by atoms with van der Waals surface area (Å²) >= 11 is 4.83. The number of aromatic nitrogens is 1. The normalized spacial score (nSPS) is 10.1. The van der Waals surface area contributed by atoms with Crippen molar-refractivity contribution < 1.29 is 4.74 Å². The molecule has 76 valence electrons. The average Bonchev–Trinajstić information content (AvgIpc) is 2.19. The molecule has 3 nitrogen and oxygen atoms in total. The van der Waals surface area contributed by atoms with Crippen LogP contribution in [0.2, 0.25) is 0 Å². The van der Waals surface area contributed by atoms with Crippen LogP contribution in [-0.4, -0.2) is 16.6 Å². The van der Waals surface area contributed by atoms with Crippen LogP contribution in [0.5, 0.6) is 0 Å². The Morgan fingerprint density at radius 1 is 1.64 bits per heavy atom. The lowest BCUT2D eigenvalue weighted by Crippen LogP contribution is -2.11. The Hall–Kier alpha value is -1.00. The predicted molar refractivity (Wildman–Crippen MR) is 60.1 cm³/mol. The molecule has 1 rings (SSSR count). The first-order valence-electron chi connectivity index (χ1n) is 4.56. The highest BCUT2D eigenvalue weighted by Crippen LogP contribution is 2.03. The van der Waals surface area contributed by atoms with Gasteiger partial charge in [0.2, 0.25) is 0 Å². The number of ether oxygens (including phenoxy) is 1. The van der Waals surface area contributed by atoms with Gasteiger partial charge in [0.15, 0.2) is 0 Å². The number of nitrogens with zero attached hydrogens (tertiary/aromatic N) is 1. The molecule has 0 aliphatic rings. The van der Waals surface area contributed by atoms with Crippen molar-refractivity contribution in [3.05, 3.63) is 29.6 Å². The van der Waals surface area contributed by atoms with E-state index in [1.54, 1.807) is 6.20 Å². The summed E-state index contributed by atoms with van der Waals surface area (Å²) in [7, 11) is 0. The van der Waals surface area contributed by atoms with Gasteiger partial charge < -0.3 is 10.5 Å². The fraction of sp³-hybridized carbons (Fsp3) is 0.400. The van der Waals surface area contributed by atoms with Gasteiger partial charge >= 0.3 is 0 Å². The molecule has 0 amide bonds. The van der Waals surface area contributed by atoms with E-state index in [2.05, 4.69) is 11.9 Å². The Balaban J connectivity index is 2.59. The summed E-state index contributed by atoms with van der Waals surface area (Å²) in [6.07, 6.45) is 2.71. The second-order valence-electron chi connectivity index (χ2n) is 2.97. The Labute approximate surface area is 89.3 Å². The summed E-state index contributed by atoms with van der Waals surface area (Å²) in [6, 6.07) is 3.76. The molecule has 0 spiro atoms. The molecule has 1 heterocycles. The summed E-state index contributed by atoms with van der Waals surface area (Å²) in [4.78, 5) is 4.37. The van der Waals surface area contributed by atoms with Crippen molar-refractivity contribution in [1.29, 1.82) is 0 Å². The van der Waals surface area contributed by atoms with Gasteiger partial charge in [-0.25, -0.2) is 0 Å². The SMILES string of the molecule is CCCOCc1ccnc(C(N)=S)c1. The van der Waals surface area contributed by atoms with Crippen LogP contribution in [0.1, 0.15) is 24.6 Å². The van der Waals surface area contributed by atoms with E-state index in [4.69, 9.17) is 22.7 Å². The van der Waals surface area contributed by atoms with E-state index in [-0.39, 0.29) is 0 Å². The molecule has 1 aromatic heterocycles. The van der Waals surface area contributed by atoms with E-state index in [1.807, 2.05) is 12.1 Å². The number of nitrogens with two attached hydrogens (primary N) is 1. The van der Waals surface area contributed by atoms with Crippen LogP contribution in [0.15, 0.2) is 18.3 Å². The highest BCUT2D eigenvalue weighted by atomic mass is 32.1. The van der Waals surface area contributed by atoms with Crippen LogP contribution in [0.3, 0.4) is 0 Å². The first kappa shape index (κ1) is 11.1. The largest absolute Gasteiger partial charge is 0.388 e. The summed E-state index contributed by atoms with van der Waals surface area (Å²) in [5.74, 6) is 0. The molecule has 1 aromatic rings. The molecule has 2 N–H and O–H groups in total. The quantitative estimate of drug-likeness (QED) is 0.593. The van der Waals surface area contributed by atoms with Gasteiger partial charge in [-0.05, 0) is 24.1 Å². The van der Waals surface area contributed by atoms with Gasteiger partial charge in [0.05, 0.1) is 12.3 Å². The third kappa shape index (κ3) is 3.40. The van der Waals surface area contributed by atoms with Gasteiger partial charge in [-0.1, -0.05) is 19.1 Å². The van der Waals surface area contributed by atoms with Gasteiger partial charge in [0.1, 0.15) is 4.99 Å². The van der Waals surface area contributed by atoms with Crippen molar-refractivity contribution in [3.63, 3.8) is 0 Å². The van der Waals surface area contributed by atoms with Crippen LogP contribution in [-0.2, 0) is 11.3 Å². The topological polar surface area (TPSA) is 48.1 Å². The van der Waals surface area contributed by atoms with Gasteiger partial charge in [-0.2, -0.15) is 0 Å². The third-order valence-electron chi connectivity index (χ3n) is 1.69. The van der Waals surface area contributed by atoms with Gasteiger partial charge in [0.25, 0.3) is 0 Å². The minimum absolute atomic E-state index is 0.322. The second-order valence-corrected chi connectivity index (χ2v) is 3.41. The van der Waals surface area contributed by atoms with E-state index in [9.17, 15) is 0 Å². The maximum atomic E-state index is 5.47. The monoisotopic (exact) mass is 210 g/mol. The molecule has 0 saturated heterocycles. The fourth-order valence-electron chi connectivity index (χ4n) is 1.03. The maximum Gasteiger partial charge on any atom is 0.122 e. The zero-order chi connectivity index (χ0) is 10.4. The second kappa shape index (κ2) is 5.67. The molecule has 4 heteroatoms. The highest BCUT2D eigenvalue weighted by Gasteiger charge is 1.99. The maximum absolute atomic E-state index is 5.47. The summed E-state index contributed by atoms with van der Waals surface area (Å²) in [5.41, 5.74) is 7.17. The lowest BCUT2D eigenvalue weighted by molar-refractivity contribution is 0.121. The molecule has 0 saturated carbocycles. The molecule has 0 aliphatic carbocycles. The third-order valence-corrected chi connectivity index (χ3v) is 1.90. The number of rotatable bonds is 5. The van der Waals surface area contributed by atoms with Crippen LogP contribution in [0.4, 0.5) is 0 Å². The summed E-state index contributed by atoms with van der Waals surface area (Å²) in [6.45, 7) is 3.43. The number of hydrogen-bond donors (Lipinski definition) is 1. The van der Waals surface area contributed by atoms with Crippen molar-refractivity contribution in [3.8, 4) is 0 Å².